The summed E-state index contributed by atoms with van der Waals surface area (Å²) >= 11 is 1.49. The highest BCUT2D eigenvalue weighted by Crippen LogP contribution is 2.37. The standard InChI is InChI=1S/C14H17N3O2S/c1-2-3-6-9-20-14-12(15)13(17(18)19)10-7-4-5-8-11(10)16-14/h4-5,7-8H,2-3,6,9,15H2,1H3. The molecule has 0 spiro atoms. The van der Waals surface area contributed by atoms with E-state index in [9.17, 15) is 10.1 Å². The molecule has 1 aromatic carbocycles. The van der Waals surface area contributed by atoms with Crippen molar-refractivity contribution in [2.24, 2.45) is 0 Å². The Morgan fingerprint density at radius 1 is 1.35 bits per heavy atom. The molecule has 2 aromatic rings. The number of nitrogens with two attached hydrogens (primary N) is 1. The minimum absolute atomic E-state index is 0.0337. The molecule has 0 unspecified atom stereocenters. The first kappa shape index (κ1) is 14.6. The average molecular weight is 291 g/mol. The van der Waals surface area contributed by atoms with E-state index in [1.54, 1.807) is 18.2 Å². The number of aromatic nitrogens is 1. The van der Waals surface area contributed by atoms with Crippen molar-refractivity contribution in [1.82, 2.24) is 4.98 Å². The molecule has 0 aliphatic rings. The SMILES string of the molecule is CCCCCSc1nc2ccccc2c([N+](=O)[O-])c1N. The fourth-order valence-electron chi connectivity index (χ4n) is 2.02. The zero-order valence-electron chi connectivity index (χ0n) is 11.3. The highest BCUT2D eigenvalue weighted by Gasteiger charge is 2.21. The summed E-state index contributed by atoms with van der Waals surface area (Å²) in [4.78, 5) is 15.3. The lowest BCUT2D eigenvalue weighted by molar-refractivity contribution is -0.382. The third-order valence-corrected chi connectivity index (χ3v) is 4.11. The van der Waals surface area contributed by atoms with Crippen molar-refractivity contribution < 1.29 is 4.92 Å². The van der Waals surface area contributed by atoms with Gasteiger partial charge in [0, 0.05) is 0 Å². The van der Waals surface area contributed by atoms with Gasteiger partial charge in [0.2, 0.25) is 0 Å². The summed E-state index contributed by atoms with van der Waals surface area (Å²) < 4.78 is 0. The smallest absolute Gasteiger partial charge is 0.304 e. The lowest BCUT2D eigenvalue weighted by Gasteiger charge is -2.08. The second-order valence-electron chi connectivity index (χ2n) is 4.51. The molecule has 0 amide bonds. The second kappa shape index (κ2) is 6.56. The first-order valence-corrected chi connectivity index (χ1v) is 7.59. The van der Waals surface area contributed by atoms with Gasteiger partial charge in [-0.05, 0) is 24.3 Å². The third kappa shape index (κ3) is 3.01. The predicted molar refractivity (Wildman–Crippen MR) is 83.1 cm³/mol. The van der Waals surface area contributed by atoms with Crippen LogP contribution in [-0.4, -0.2) is 15.7 Å². The number of hydrogen-bond acceptors (Lipinski definition) is 5. The molecule has 0 saturated heterocycles. The molecule has 6 heteroatoms. The molecule has 0 fully saturated rings. The lowest BCUT2D eigenvalue weighted by atomic mass is 10.2. The van der Waals surface area contributed by atoms with Gasteiger partial charge in [-0.25, -0.2) is 4.98 Å². The topological polar surface area (TPSA) is 82.0 Å². The largest absolute Gasteiger partial charge is 0.391 e. The molecule has 5 nitrogen and oxygen atoms in total. The molecule has 0 saturated carbocycles. The molecule has 0 bridgehead atoms. The molecule has 2 rings (SSSR count). The van der Waals surface area contributed by atoms with Crippen LogP contribution in [0.25, 0.3) is 10.9 Å². The van der Waals surface area contributed by atoms with Crippen LogP contribution in [0.3, 0.4) is 0 Å². The number of nitrogen functional groups attached to an aromatic ring is 1. The van der Waals surface area contributed by atoms with E-state index < -0.39 is 4.92 Å². The van der Waals surface area contributed by atoms with Crippen LogP contribution in [0.2, 0.25) is 0 Å². The van der Waals surface area contributed by atoms with Gasteiger partial charge < -0.3 is 5.73 Å². The summed E-state index contributed by atoms with van der Waals surface area (Å²) in [5.41, 5.74) is 6.70. The number of nitro groups is 1. The van der Waals surface area contributed by atoms with Gasteiger partial charge in [-0.15, -0.1) is 11.8 Å². The zero-order valence-corrected chi connectivity index (χ0v) is 12.2. The van der Waals surface area contributed by atoms with Crippen molar-refractivity contribution in [3.63, 3.8) is 0 Å². The van der Waals surface area contributed by atoms with Crippen molar-refractivity contribution >= 4 is 34.0 Å². The number of rotatable bonds is 6. The maximum Gasteiger partial charge on any atom is 0.304 e. The molecule has 1 aromatic heterocycles. The fourth-order valence-corrected chi connectivity index (χ4v) is 2.97. The van der Waals surface area contributed by atoms with E-state index in [2.05, 4.69) is 11.9 Å². The van der Waals surface area contributed by atoms with Gasteiger partial charge in [-0.3, -0.25) is 10.1 Å². The van der Waals surface area contributed by atoms with Gasteiger partial charge in [0.25, 0.3) is 0 Å². The van der Waals surface area contributed by atoms with Crippen molar-refractivity contribution in [2.45, 2.75) is 31.2 Å². The Morgan fingerprint density at radius 3 is 2.80 bits per heavy atom. The van der Waals surface area contributed by atoms with Crippen LogP contribution in [0.1, 0.15) is 26.2 Å². The normalized spacial score (nSPS) is 10.8. The summed E-state index contributed by atoms with van der Waals surface area (Å²) in [5.74, 6) is 0.876. The quantitative estimate of drug-likeness (QED) is 0.376. The summed E-state index contributed by atoms with van der Waals surface area (Å²) in [6, 6.07) is 7.03. The monoisotopic (exact) mass is 291 g/mol. The van der Waals surface area contributed by atoms with E-state index in [1.165, 1.54) is 11.8 Å². The second-order valence-corrected chi connectivity index (χ2v) is 5.59. The third-order valence-electron chi connectivity index (χ3n) is 3.04. The number of nitrogens with zero attached hydrogens (tertiary/aromatic N) is 2. The number of fused-ring (bicyclic) bond motifs is 1. The van der Waals surface area contributed by atoms with Gasteiger partial charge in [0.15, 0.2) is 0 Å². The van der Waals surface area contributed by atoms with Crippen LogP contribution < -0.4 is 5.73 Å². The molecule has 0 atom stereocenters. The number of benzene rings is 1. The van der Waals surface area contributed by atoms with Crippen LogP contribution in [0.5, 0.6) is 0 Å². The molecule has 106 valence electrons. The summed E-state index contributed by atoms with van der Waals surface area (Å²) in [6.45, 7) is 2.14. The number of anilines is 1. The Labute approximate surface area is 121 Å². The number of unbranched alkanes of at least 4 members (excludes halogenated alkanes) is 2. The maximum atomic E-state index is 11.3. The van der Waals surface area contributed by atoms with E-state index in [4.69, 9.17) is 5.73 Å². The van der Waals surface area contributed by atoms with Gasteiger partial charge in [0.05, 0.1) is 15.8 Å². The average Bonchev–Trinajstić information content (AvgIpc) is 2.43. The molecule has 0 aliphatic heterocycles. The number of thioether (sulfide) groups is 1. The zero-order chi connectivity index (χ0) is 14.5. The van der Waals surface area contributed by atoms with E-state index >= 15 is 0 Å². The Hall–Kier alpha value is -1.82. The number of pyridine rings is 1. The van der Waals surface area contributed by atoms with Gasteiger partial charge >= 0.3 is 5.69 Å². The Kier molecular flexibility index (Phi) is 4.79. The van der Waals surface area contributed by atoms with Crippen molar-refractivity contribution in [3.8, 4) is 0 Å². The van der Waals surface area contributed by atoms with Crippen molar-refractivity contribution in [3.05, 3.63) is 34.4 Å². The molecular formula is C14H17N3O2S. The molecule has 0 aliphatic carbocycles. The summed E-state index contributed by atoms with van der Waals surface area (Å²) in [6.07, 6.45) is 3.34. The molecular weight excluding hydrogens is 274 g/mol. The van der Waals surface area contributed by atoms with Gasteiger partial charge in [-0.1, -0.05) is 31.9 Å². The van der Waals surface area contributed by atoms with Crippen LogP contribution in [0.4, 0.5) is 11.4 Å². The highest BCUT2D eigenvalue weighted by molar-refractivity contribution is 7.99. The lowest BCUT2D eigenvalue weighted by Crippen LogP contribution is -2.01. The van der Waals surface area contributed by atoms with Crippen molar-refractivity contribution in [2.75, 3.05) is 11.5 Å². The first-order chi connectivity index (χ1) is 9.65. The highest BCUT2D eigenvalue weighted by atomic mass is 32.2. The summed E-state index contributed by atoms with van der Waals surface area (Å²) in [7, 11) is 0. The predicted octanol–water partition coefficient (Wildman–Crippen LogP) is 4.01. The fraction of sp³-hybridized carbons (Fsp3) is 0.357. The van der Waals surface area contributed by atoms with Crippen LogP contribution >= 0.6 is 11.8 Å². The number of para-hydroxylation sites is 1. The Morgan fingerprint density at radius 2 is 2.10 bits per heavy atom. The Bertz CT molecular complexity index is 631. The van der Waals surface area contributed by atoms with E-state index in [-0.39, 0.29) is 11.4 Å². The van der Waals surface area contributed by atoms with Gasteiger partial charge in [-0.2, -0.15) is 0 Å². The molecule has 0 radical (unpaired) electrons. The minimum atomic E-state index is -0.421. The Balaban J connectivity index is 2.40. The van der Waals surface area contributed by atoms with Crippen LogP contribution in [0, 0.1) is 10.1 Å². The van der Waals surface area contributed by atoms with Crippen molar-refractivity contribution in [1.29, 1.82) is 0 Å². The van der Waals surface area contributed by atoms with E-state index in [0.717, 1.165) is 25.0 Å². The molecule has 20 heavy (non-hydrogen) atoms. The minimum Gasteiger partial charge on any atom is -0.391 e. The van der Waals surface area contributed by atoms with E-state index in [1.807, 2.05) is 6.07 Å². The summed E-state index contributed by atoms with van der Waals surface area (Å²) in [5, 5.41) is 12.3. The molecule has 1 heterocycles. The first-order valence-electron chi connectivity index (χ1n) is 6.60. The van der Waals surface area contributed by atoms with E-state index in [0.29, 0.717) is 15.9 Å². The van der Waals surface area contributed by atoms with Crippen LogP contribution in [-0.2, 0) is 0 Å². The number of hydrogen-bond donors (Lipinski definition) is 1. The van der Waals surface area contributed by atoms with Gasteiger partial charge in [0.1, 0.15) is 10.7 Å². The van der Waals surface area contributed by atoms with Crippen LogP contribution in [0.15, 0.2) is 29.3 Å². The molecule has 2 N–H and O–H groups in total. The maximum absolute atomic E-state index is 11.3.